The summed E-state index contributed by atoms with van der Waals surface area (Å²) in [6.45, 7) is 2.31. The number of hydrogen-bond acceptors (Lipinski definition) is 1. The van der Waals surface area contributed by atoms with Crippen LogP contribution in [0.4, 0.5) is 0 Å². The third-order valence-electron chi connectivity index (χ3n) is 4.31. The Kier molecular flexibility index (Phi) is 2.72. The minimum atomic E-state index is 0.798. The van der Waals surface area contributed by atoms with Crippen LogP contribution in [-0.4, -0.2) is 12.1 Å². The summed E-state index contributed by atoms with van der Waals surface area (Å²) in [6.07, 6.45) is 5.46. The van der Waals surface area contributed by atoms with Gasteiger partial charge in [-0.2, -0.15) is 0 Å². The molecule has 86 valence electrons. The van der Waals surface area contributed by atoms with Crippen molar-refractivity contribution >= 4 is 0 Å². The normalized spacial score (nSPS) is 36.8. The standard InChI is InChI=1S/C15H21N/c1-2-11-10-15(11)16-14-8-13(9-14)12-6-4-3-5-7-12/h3-7,11,13-16H,2,8-10H2,1H3. The van der Waals surface area contributed by atoms with E-state index in [-0.39, 0.29) is 0 Å². The molecule has 1 N–H and O–H groups in total. The van der Waals surface area contributed by atoms with Crippen molar-refractivity contribution in [2.24, 2.45) is 5.92 Å². The van der Waals surface area contributed by atoms with E-state index in [1.807, 2.05) is 0 Å². The molecule has 1 aromatic carbocycles. The third kappa shape index (κ3) is 2.01. The molecule has 16 heavy (non-hydrogen) atoms. The molecule has 0 spiro atoms. The third-order valence-corrected chi connectivity index (χ3v) is 4.31. The molecule has 2 aliphatic carbocycles. The number of hydrogen-bond donors (Lipinski definition) is 1. The minimum absolute atomic E-state index is 0.798. The van der Waals surface area contributed by atoms with Gasteiger partial charge in [0.2, 0.25) is 0 Å². The van der Waals surface area contributed by atoms with Gasteiger partial charge in [-0.15, -0.1) is 0 Å². The number of nitrogens with one attached hydrogen (secondary N) is 1. The van der Waals surface area contributed by atoms with E-state index in [0.29, 0.717) is 0 Å². The Morgan fingerprint density at radius 3 is 2.50 bits per heavy atom. The Morgan fingerprint density at radius 1 is 1.12 bits per heavy atom. The van der Waals surface area contributed by atoms with Crippen LogP contribution < -0.4 is 5.32 Å². The lowest BCUT2D eigenvalue weighted by atomic mass is 9.76. The van der Waals surface area contributed by atoms with Crippen LogP contribution >= 0.6 is 0 Å². The molecule has 0 saturated heterocycles. The fourth-order valence-electron chi connectivity index (χ4n) is 2.96. The Hall–Kier alpha value is -0.820. The van der Waals surface area contributed by atoms with Crippen LogP contribution in [0.25, 0.3) is 0 Å². The minimum Gasteiger partial charge on any atom is -0.311 e. The molecule has 0 bridgehead atoms. The monoisotopic (exact) mass is 215 g/mol. The lowest BCUT2D eigenvalue weighted by Gasteiger charge is -2.36. The van der Waals surface area contributed by atoms with Gasteiger partial charge in [0.05, 0.1) is 0 Å². The molecule has 1 heteroatoms. The van der Waals surface area contributed by atoms with E-state index in [4.69, 9.17) is 0 Å². The summed E-state index contributed by atoms with van der Waals surface area (Å²) >= 11 is 0. The summed E-state index contributed by atoms with van der Waals surface area (Å²) in [5.41, 5.74) is 1.53. The van der Waals surface area contributed by atoms with Crippen molar-refractivity contribution in [2.75, 3.05) is 0 Å². The van der Waals surface area contributed by atoms with Gasteiger partial charge in [0.1, 0.15) is 0 Å². The molecular weight excluding hydrogens is 194 g/mol. The molecule has 3 rings (SSSR count). The van der Waals surface area contributed by atoms with Crippen LogP contribution in [-0.2, 0) is 0 Å². The van der Waals surface area contributed by atoms with Crippen LogP contribution in [0.15, 0.2) is 30.3 Å². The van der Waals surface area contributed by atoms with Crippen molar-refractivity contribution in [1.29, 1.82) is 0 Å². The van der Waals surface area contributed by atoms with Gasteiger partial charge in [-0.3, -0.25) is 0 Å². The highest BCUT2D eigenvalue weighted by molar-refractivity contribution is 5.23. The second-order valence-electron chi connectivity index (χ2n) is 5.45. The lowest BCUT2D eigenvalue weighted by molar-refractivity contribution is 0.285. The van der Waals surface area contributed by atoms with Gasteiger partial charge in [-0.25, -0.2) is 0 Å². The van der Waals surface area contributed by atoms with E-state index in [1.165, 1.54) is 31.2 Å². The van der Waals surface area contributed by atoms with Gasteiger partial charge in [0.25, 0.3) is 0 Å². The summed E-state index contributed by atoms with van der Waals surface area (Å²) < 4.78 is 0. The maximum atomic E-state index is 3.79. The molecule has 0 aromatic heterocycles. The average Bonchev–Trinajstić information content (AvgIpc) is 3.02. The van der Waals surface area contributed by atoms with Crippen LogP contribution in [0.3, 0.4) is 0 Å². The predicted molar refractivity (Wildman–Crippen MR) is 67.5 cm³/mol. The average molecular weight is 215 g/mol. The highest BCUT2D eigenvalue weighted by Crippen LogP contribution is 2.40. The van der Waals surface area contributed by atoms with Crippen molar-refractivity contribution in [1.82, 2.24) is 5.32 Å². The van der Waals surface area contributed by atoms with Gasteiger partial charge in [0.15, 0.2) is 0 Å². The first-order chi connectivity index (χ1) is 7.86. The van der Waals surface area contributed by atoms with Gasteiger partial charge in [0, 0.05) is 12.1 Å². The summed E-state index contributed by atoms with van der Waals surface area (Å²) in [4.78, 5) is 0. The van der Waals surface area contributed by atoms with Gasteiger partial charge >= 0.3 is 0 Å². The second-order valence-corrected chi connectivity index (χ2v) is 5.45. The van der Waals surface area contributed by atoms with Crippen molar-refractivity contribution in [2.45, 2.75) is 50.6 Å². The first kappa shape index (κ1) is 10.3. The molecule has 0 aliphatic heterocycles. The topological polar surface area (TPSA) is 12.0 Å². The molecule has 1 nitrogen and oxygen atoms in total. The van der Waals surface area contributed by atoms with E-state index in [1.54, 1.807) is 0 Å². The first-order valence-corrected chi connectivity index (χ1v) is 6.67. The van der Waals surface area contributed by atoms with Crippen molar-refractivity contribution in [3.8, 4) is 0 Å². The van der Waals surface area contributed by atoms with E-state index in [0.717, 1.165) is 23.9 Å². The summed E-state index contributed by atoms with van der Waals surface area (Å²) in [7, 11) is 0. The number of rotatable bonds is 4. The fraction of sp³-hybridized carbons (Fsp3) is 0.600. The molecule has 1 aromatic rings. The van der Waals surface area contributed by atoms with E-state index in [9.17, 15) is 0 Å². The highest BCUT2D eigenvalue weighted by atomic mass is 15.0. The van der Waals surface area contributed by atoms with Crippen LogP contribution in [0.1, 0.15) is 44.1 Å². The summed E-state index contributed by atoms with van der Waals surface area (Å²) in [5.74, 6) is 1.80. The van der Waals surface area contributed by atoms with Gasteiger partial charge < -0.3 is 5.32 Å². The van der Waals surface area contributed by atoms with Crippen LogP contribution in [0.2, 0.25) is 0 Å². The van der Waals surface area contributed by atoms with E-state index < -0.39 is 0 Å². The van der Waals surface area contributed by atoms with Crippen LogP contribution in [0, 0.1) is 5.92 Å². The Morgan fingerprint density at radius 2 is 1.88 bits per heavy atom. The summed E-state index contributed by atoms with van der Waals surface area (Å²) in [6, 6.07) is 12.6. The van der Waals surface area contributed by atoms with Crippen molar-refractivity contribution in [3.63, 3.8) is 0 Å². The molecule has 2 fully saturated rings. The maximum Gasteiger partial charge on any atom is 0.0102 e. The fourth-order valence-corrected chi connectivity index (χ4v) is 2.96. The molecule has 0 amide bonds. The summed E-state index contributed by atoms with van der Waals surface area (Å²) in [5, 5.41) is 3.79. The second kappa shape index (κ2) is 4.21. The Labute approximate surface area is 98.3 Å². The van der Waals surface area contributed by atoms with Crippen LogP contribution in [0.5, 0.6) is 0 Å². The number of benzene rings is 1. The zero-order valence-corrected chi connectivity index (χ0v) is 10.0. The Balaban J connectivity index is 1.45. The SMILES string of the molecule is CCC1CC1NC1CC(c2ccccc2)C1. The van der Waals surface area contributed by atoms with Gasteiger partial charge in [-0.05, 0) is 36.7 Å². The van der Waals surface area contributed by atoms with Crippen molar-refractivity contribution < 1.29 is 0 Å². The maximum absolute atomic E-state index is 3.79. The predicted octanol–water partition coefficient (Wildman–Crippen LogP) is 3.32. The molecule has 0 radical (unpaired) electrons. The lowest BCUT2D eigenvalue weighted by Crippen LogP contribution is -2.41. The zero-order valence-electron chi connectivity index (χ0n) is 10.0. The van der Waals surface area contributed by atoms with E-state index in [2.05, 4.69) is 42.6 Å². The molecule has 2 unspecified atom stereocenters. The highest BCUT2D eigenvalue weighted by Gasteiger charge is 2.40. The van der Waals surface area contributed by atoms with E-state index >= 15 is 0 Å². The molecule has 0 heterocycles. The molecule has 2 saturated carbocycles. The molecule has 2 atom stereocenters. The molecule has 2 aliphatic rings. The van der Waals surface area contributed by atoms with Crippen molar-refractivity contribution in [3.05, 3.63) is 35.9 Å². The first-order valence-electron chi connectivity index (χ1n) is 6.67. The Bertz CT molecular complexity index is 340. The van der Waals surface area contributed by atoms with Gasteiger partial charge in [-0.1, -0.05) is 43.7 Å². The zero-order chi connectivity index (χ0) is 11.0. The largest absolute Gasteiger partial charge is 0.311 e. The smallest absolute Gasteiger partial charge is 0.0102 e. The molecular formula is C15H21N. The quantitative estimate of drug-likeness (QED) is 0.812.